The number of furan rings is 1. The van der Waals surface area contributed by atoms with E-state index in [1.54, 1.807) is 11.3 Å². The van der Waals surface area contributed by atoms with E-state index in [1.165, 1.54) is 5.56 Å². The van der Waals surface area contributed by atoms with E-state index in [1.807, 2.05) is 12.1 Å². The Balaban J connectivity index is 1.81. The second-order valence-electron chi connectivity index (χ2n) is 6.67. The molecule has 0 saturated carbocycles. The van der Waals surface area contributed by atoms with Crippen molar-refractivity contribution in [1.82, 2.24) is 9.91 Å². The first kappa shape index (κ1) is 18.4. The molecule has 5 heteroatoms. The first-order valence-electron chi connectivity index (χ1n) is 9.34. The van der Waals surface area contributed by atoms with Gasteiger partial charge in [-0.2, -0.15) is 5.10 Å². The average Bonchev–Trinajstić information content (AvgIpc) is 3.32. The first-order chi connectivity index (χ1) is 12.6. The molecule has 1 atom stereocenters. The number of hydrogen-bond donors (Lipinski definition) is 0. The van der Waals surface area contributed by atoms with Gasteiger partial charge >= 0.3 is 0 Å². The molecule has 1 aromatic heterocycles. The molecule has 0 radical (unpaired) electrons. The van der Waals surface area contributed by atoms with Crippen LogP contribution in [0.4, 0.5) is 0 Å². The third-order valence-corrected chi connectivity index (χ3v) is 4.97. The summed E-state index contributed by atoms with van der Waals surface area (Å²) in [6.07, 6.45) is 2.79. The number of benzene rings is 1. The van der Waals surface area contributed by atoms with Crippen molar-refractivity contribution >= 4 is 11.6 Å². The zero-order valence-corrected chi connectivity index (χ0v) is 15.8. The van der Waals surface area contributed by atoms with E-state index in [0.717, 1.165) is 36.7 Å². The van der Waals surface area contributed by atoms with Crippen LogP contribution < -0.4 is 0 Å². The van der Waals surface area contributed by atoms with E-state index >= 15 is 0 Å². The van der Waals surface area contributed by atoms with Gasteiger partial charge in [0.05, 0.1) is 12.3 Å². The van der Waals surface area contributed by atoms with E-state index < -0.39 is 0 Å². The van der Waals surface area contributed by atoms with Gasteiger partial charge in [-0.15, -0.1) is 0 Å². The van der Waals surface area contributed by atoms with Crippen LogP contribution in [0.2, 0.25) is 0 Å². The Hall–Kier alpha value is -2.40. The molecule has 0 fully saturated rings. The van der Waals surface area contributed by atoms with Crippen molar-refractivity contribution in [2.24, 2.45) is 5.10 Å². The lowest BCUT2D eigenvalue weighted by atomic mass is 9.99. The fourth-order valence-corrected chi connectivity index (χ4v) is 3.29. The topological polar surface area (TPSA) is 49.1 Å². The largest absolute Gasteiger partial charge is 0.463 e. The van der Waals surface area contributed by atoms with Crippen LogP contribution in [-0.4, -0.2) is 41.2 Å². The second kappa shape index (κ2) is 8.32. The fraction of sp³-hybridized carbons (Fsp3) is 0.429. The molecule has 1 aromatic carbocycles. The maximum atomic E-state index is 12.9. The normalized spacial score (nSPS) is 17.0. The number of amides is 1. The summed E-state index contributed by atoms with van der Waals surface area (Å²) in [4.78, 5) is 15.2. The van der Waals surface area contributed by atoms with Crippen LogP contribution in [-0.2, 0) is 4.79 Å². The van der Waals surface area contributed by atoms with Gasteiger partial charge in [-0.05, 0) is 37.7 Å². The quantitative estimate of drug-likeness (QED) is 0.756. The highest BCUT2D eigenvalue weighted by atomic mass is 16.3. The van der Waals surface area contributed by atoms with E-state index in [-0.39, 0.29) is 11.9 Å². The molecule has 1 aliphatic rings. The van der Waals surface area contributed by atoms with Crippen molar-refractivity contribution in [3.63, 3.8) is 0 Å². The summed E-state index contributed by atoms with van der Waals surface area (Å²) in [7, 11) is 0. The molecular weight excluding hydrogens is 326 g/mol. The van der Waals surface area contributed by atoms with Gasteiger partial charge < -0.3 is 9.32 Å². The molecular formula is C21H27N3O2. The fourth-order valence-electron chi connectivity index (χ4n) is 3.29. The van der Waals surface area contributed by atoms with Gasteiger partial charge in [-0.1, -0.05) is 43.7 Å². The minimum atomic E-state index is -0.0695. The van der Waals surface area contributed by atoms with Gasteiger partial charge in [0.25, 0.3) is 0 Å². The molecule has 3 rings (SSSR count). The van der Waals surface area contributed by atoms with Crippen molar-refractivity contribution in [2.45, 2.75) is 39.7 Å². The van der Waals surface area contributed by atoms with E-state index in [2.05, 4.69) is 55.0 Å². The van der Waals surface area contributed by atoms with Crippen LogP contribution in [0.15, 0.2) is 52.2 Å². The Kier molecular flexibility index (Phi) is 5.89. The van der Waals surface area contributed by atoms with Crippen LogP contribution in [0, 0.1) is 6.92 Å². The molecule has 0 unspecified atom stereocenters. The maximum absolute atomic E-state index is 12.9. The summed E-state index contributed by atoms with van der Waals surface area (Å²) in [6.45, 7) is 8.96. The van der Waals surface area contributed by atoms with Crippen molar-refractivity contribution in [3.05, 3.63) is 59.5 Å². The molecule has 0 N–H and O–H groups in total. The summed E-state index contributed by atoms with van der Waals surface area (Å²) in [5.41, 5.74) is 3.15. The van der Waals surface area contributed by atoms with E-state index in [9.17, 15) is 4.79 Å². The standard InChI is InChI=1S/C21H27N3O2/c1-4-23(5-2)13-12-21(25)24-19(17-10-8-16(3)9-11-17)15-18(22-24)20-7-6-14-26-20/h6-11,14,19H,4-5,12-13,15H2,1-3H3/t19-/m1/s1. The minimum absolute atomic E-state index is 0.0593. The molecule has 0 spiro atoms. The Labute approximate surface area is 155 Å². The van der Waals surface area contributed by atoms with Crippen LogP contribution in [0.25, 0.3) is 0 Å². The highest BCUT2D eigenvalue weighted by molar-refractivity contribution is 6.01. The van der Waals surface area contributed by atoms with Crippen LogP contribution in [0.1, 0.15) is 49.6 Å². The maximum Gasteiger partial charge on any atom is 0.244 e. The molecule has 0 aliphatic carbocycles. The highest BCUT2D eigenvalue weighted by Crippen LogP contribution is 2.33. The number of carbonyl (C=O) groups is 1. The molecule has 0 bridgehead atoms. The number of hydrazone groups is 1. The van der Waals surface area contributed by atoms with E-state index in [4.69, 9.17) is 4.42 Å². The Morgan fingerprint density at radius 1 is 1.23 bits per heavy atom. The van der Waals surface area contributed by atoms with Crippen LogP contribution in [0.5, 0.6) is 0 Å². The monoisotopic (exact) mass is 353 g/mol. The van der Waals surface area contributed by atoms with Gasteiger partial charge in [0.2, 0.25) is 5.91 Å². The van der Waals surface area contributed by atoms with Gasteiger partial charge in [-0.25, -0.2) is 5.01 Å². The third kappa shape index (κ3) is 4.05. The van der Waals surface area contributed by atoms with Crippen LogP contribution in [0.3, 0.4) is 0 Å². The summed E-state index contributed by atoms with van der Waals surface area (Å²) in [5, 5.41) is 6.29. The van der Waals surface area contributed by atoms with Crippen molar-refractivity contribution in [3.8, 4) is 0 Å². The average molecular weight is 353 g/mol. The van der Waals surface area contributed by atoms with Crippen molar-refractivity contribution in [2.75, 3.05) is 19.6 Å². The molecule has 5 nitrogen and oxygen atoms in total. The molecule has 1 amide bonds. The van der Waals surface area contributed by atoms with Gasteiger partial charge in [0.1, 0.15) is 11.5 Å². The zero-order valence-electron chi connectivity index (χ0n) is 15.8. The molecule has 138 valence electrons. The van der Waals surface area contributed by atoms with E-state index in [0.29, 0.717) is 12.8 Å². The zero-order chi connectivity index (χ0) is 18.5. The number of nitrogens with zero attached hydrogens (tertiary/aromatic N) is 3. The molecule has 2 aromatic rings. The lowest BCUT2D eigenvalue weighted by Gasteiger charge is -2.24. The Bertz CT molecular complexity index is 746. The number of carbonyl (C=O) groups excluding carboxylic acids is 1. The Morgan fingerprint density at radius 2 is 1.96 bits per heavy atom. The van der Waals surface area contributed by atoms with Crippen molar-refractivity contribution < 1.29 is 9.21 Å². The summed E-state index contributed by atoms with van der Waals surface area (Å²) in [6, 6.07) is 12.0. The second-order valence-corrected chi connectivity index (χ2v) is 6.67. The number of rotatable bonds is 7. The van der Waals surface area contributed by atoms with Gasteiger partial charge in [0.15, 0.2) is 0 Å². The SMILES string of the molecule is CCN(CC)CCC(=O)N1N=C(c2ccco2)C[C@@H]1c1ccc(C)cc1. The molecule has 26 heavy (non-hydrogen) atoms. The third-order valence-electron chi connectivity index (χ3n) is 4.97. The number of aryl methyl sites for hydroxylation is 1. The molecule has 2 heterocycles. The first-order valence-corrected chi connectivity index (χ1v) is 9.34. The Morgan fingerprint density at radius 3 is 2.58 bits per heavy atom. The molecule has 0 saturated heterocycles. The summed E-state index contributed by atoms with van der Waals surface area (Å²) >= 11 is 0. The number of hydrogen-bond acceptors (Lipinski definition) is 4. The molecule has 1 aliphatic heterocycles. The predicted molar refractivity (Wildman–Crippen MR) is 103 cm³/mol. The van der Waals surface area contributed by atoms with Crippen molar-refractivity contribution in [1.29, 1.82) is 0 Å². The summed E-state index contributed by atoms with van der Waals surface area (Å²) < 4.78 is 5.50. The van der Waals surface area contributed by atoms with Gasteiger partial charge in [0, 0.05) is 19.4 Å². The summed E-state index contributed by atoms with van der Waals surface area (Å²) in [5.74, 6) is 0.796. The predicted octanol–water partition coefficient (Wildman–Crippen LogP) is 4.00. The highest BCUT2D eigenvalue weighted by Gasteiger charge is 2.33. The lowest BCUT2D eigenvalue weighted by molar-refractivity contribution is -0.133. The smallest absolute Gasteiger partial charge is 0.244 e. The van der Waals surface area contributed by atoms with Gasteiger partial charge in [-0.3, -0.25) is 4.79 Å². The minimum Gasteiger partial charge on any atom is -0.463 e. The lowest BCUT2D eigenvalue weighted by Crippen LogP contribution is -2.32. The van der Waals surface area contributed by atoms with Crippen LogP contribution >= 0.6 is 0 Å².